The lowest BCUT2D eigenvalue weighted by atomic mass is 10.1. The summed E-state index contributed by atoms with van der Waals surface area (Å²) in [5.41, 5.74) is 1.36. The van der Waals surface area contributed by atoms with Gasteiger partial charge in [-0.1, -0.05) is 6.92 Å². The molecule has 112 valence electrons. The lowest BCUT2D eigenvalue weighted by molar-refractivity contribution is 0.0684. The fourth-order valence-corrected chi connectivity index (χ4v) is 1.90. The van der Waals surface area contributed by atoms with Crippen molar-refractivity contribution >= 4 is 11.7 Å². The van der Waals surface area contributed by atoms with Gasteiger partial charge in [-0.05, 0) is 25.5 Å². The van der Waals surface area contributed by atoms with Crippen LogP contribution in [0.1, 0.15) is 29.9 Å². The molecule has 0 aliphatic heterocycles. The normalized spacial score (nSPS) is 10.4. The van der Waals surface area contributed by atoms with Crippen LogP contribution in [0.3, 0.4) is 0 Å². The molecule has 1 aromatic rings. The molecule has 0 spiro atoms. The van der Waals surface area contributed by atoms with E-state index in [4.69, 9.17) is 10.2 Å². The summed E-state index contributed by atoms with van der Waals surface area (Å²) in [5.74, 6) is 0.465. The van der Waals surface area contributed by atoms with Crippen LogP contribution in [-0.4, -0.2) is 58.9 Å². The molecule has 1 aromatic heterocycles. The van der Waals surface area contributed by atoms with E-state index in [0.717, 1.165) is 18.7 Å². The van der Waals surface area contributed by atoms with Crippen molar-refractivity contribution in [2.24, 2.45) is 0 Å². The number of aromatic nitrogens is 1. The third-order valence-electron chi connectivity index (χ3n) is 2.87. The Bertz CT molecular complexity index is 432. The first-order valence-corrected chi connectivity index (χ1v) is 6.92. The first kappa shape index (κ1) is 16.4. The van der Waals surface area contributed by atoms with E-state index >= 15 is 0 Å². The predicted molar refractivity (Wildman–Crippen MR) is 77.9 cm³/mol. The van der Waals surface area contributed by atoms with Gasteiger partial charge in [-0.2, -0.15) is 0 Å². The van der Waals surface area contributed by atoms with Crippen LogP contribution in [0.25, 0.3) is 0 Å². The highest BCUT2D eigenvalue weighted by Crippen LogP contribution is 2.13. The summed E-state index contributed by atoms with van der Waals surface area (Å²) in [6.45, 7) is 4.83. The number of rotatable bonds is 8. The molecule has 0 saturated carbocycles. The molecule has 20 heavy (non-hydrogen) atoms. The van der Waals surface area contributed by atoms with Gasteiger partial charge in [-0.25, -0.2) is 4.98 Å². The molecule has 0 fully saturated rings. The number of aliphatic hydroxyl groups excluding tert-OH is 2. The average Bonchev–Trinajstić information content (AvgIpc) is 2.46. The minimum Gasteiger partial charge on any atom is -0.395 e. The van der Waals surface area contributed by atoms with E-state index in [9.17, 15) is 4.79 Å². The molecule has 0 bridgehead atoms. The van der Waals surface area contributed by atoms with Gasteiger partial charge in [-0.3, -0.25) is 4.79 Å². The predicted octanol–water partition coefficient (Wildman–Crippen LogP) is 0.503. The summed E-state index contributed by atoms with van der Waals surface area (Å²) in [6.07, 6.45) is 0.736. The van der Waals surface area contributed by atoms with Crippen molar-refractivity contribution in [2.45, 2.75) is 20.3 Å². The molecule has 0 aliphatic carbocycles. The lowest BCUT2D eigenvalue weighted by Gasteiger charge is -2.21. The topological polar surface area (TPSA) is 85.7 Å². The minimum atomic E-state index is -0.204. The Morgan fingerprint density at radius 2 is 1.90 bits per heavy atom. The zero-order valence-electron chi connectivity index (χ0n) is 12.1. The van der Waals surface area contributed by atoms with Gasteiger partial charge in [0.15, 0.2) is 0 Å². The summed E-state index contributed by atoms with van der Waals surface area (Å²) in [6, 6.07) is 3.46. The van der Waals surface area contributed by atoms with Crippen LogP contribution >= 0.6 is 0 Å². The summed E-state index contributed by atoms with van der Waals surface area (Å²) in [4.78, 5) is 18.2. The third-order valence-corrected chi connectivity index (χ3v) is 2.87. The molecule has 0 unspecified atom stereocenters. The van der Waals surface area contributed by atoms with Crippen LogP contribution in [0.15, 0.2) is 12.1 Å². The van der Waals surface area contributed by atoms with Crippen LogP contribution in [0.5, 0.6) is 0 Å². The van der Waals surface area contributed by atoms with Gasteiger partial charge in [0.05, 0.1) is 13.2 Å². The Labute approximate surface area is 119 Å². The zero-order chi connectivity index (χ0) is 15.0. The quantitative estimate of drug-likeness (QED) is 0.646. The largest absolute Gasteiger partial charge is 0.395 e. The van der Waals surface area contributed by atoms with E-state index in [1.54, 1.807) is 12.1 Å². The van der Waals surface area contributed by atoms with Crippen molar-refractivity contribution in [2.75, 3.05) is 38.2 Å². The molecular weight excluding hydrogens is 258 g/mol. The number of aliphatic hydroxyl groups is 2. The maximum Gasteiger partial charge on any atom is 0.254 e. The standard InChI is InChI=1S/C14H23N3O3/c1-3-12-9-11(10-13(16-12)15-4-2)14(20)17(5-7-18)6-8-19/h9-10,18-19H,3-8H2,1-2H3,(H,15,16). The maximum atomic E-state index is 12.4. The van der Waals surface area contributed by atoms with Gasteiger partial charge in [0.25, 0.3) is 5.91 Å². The highest BCUT2D eigenvalue weighted by molar-refractivity contribution is 5.95. The maximum absolute atomic E-state index is 12.4. The van der Waals surface area contributed by atoms with E-state index in [-0.39, 0.29) is 32.2 Å². The molecule has 0 aromatic carbocycles. The summed E-state index contributed by atoms with van der Waals surface area (Å²) < 4.78 is 0. The number of nitrogens with zero attached hydrogens (tertiary/aromatic N) is 2. The molecule has 1 heterocycles. The second-order valence-electron chi connectivity index (χ2n) is 4.36. The summed E-state index contributed by atoms with van der Waals surface area (Å²) >= 11 is 0. The van der Waals surface area contributed by atoms with Crippen LogP contribution in [-0.2, 0) is 6.42 Å². The highest BCUT2D eigenvalue weighted by atomic mass is 16.3. The van der Waals surface area contributed by atoms with E-state index in [1.165, 1.54) is 4.90 Å². The molecule has 0 atom stereocenters. The smallest absolute Gasteiger partial charge is 0.254 e. The van der Waals surface area contributed by atoms with Crippen molar-refractivity contribution < 1.29 is 15.0 Å². The molecule has 0 aliphatic rings. The first-order valence-electron chi connectivity index (χ1n) is 6.92. The Balaban J connectivity index is 3.02. The highest BCUT2D eigenvalue weighted by Gasteiger charge is 2.16. The number of carbonyl (C=O) groups excluding carboxylic acids is 1. The van der Waals surface area contributed by atoms with Gasteiger partial charge in [-0.15, -0.1) is 0 Å². The van der Waals surface area contributed by atoms with E-state index in [2.05, 4.69) is 10.3 Å². The van der Waals surface area contributed by atoms with Gasteiger partial charge < -0.3 is 20.4 Å². The third kappa shape index (κ3) is 4.47. The Morgan fingerprint density at radius 3 is 2.40 bits per heavy atom. The number of amides is 1. The van der Waals surface area contributed by atoms with Crippen molar-refractivity contribution in [1.82, 2.24) is 9.88 Å². The van der Waals surface area contributed by atoms with Gasteiger partial charge in [0.2, 0.25) is 0 Å². The number of aryl methyl sites for hydroxylation is 1. The van der Waals surface area contributed by atoms with Crippen molar-refractivity contribution in [3.8, 4) is 0 Å². The Hall–Kier alpha value is -1.66. The first-order chi connectivity index (χ1) is 9.65. The SMILES string of the molecule is CCNc1cc(C(=O)N(CCO)CCO)cc(CC)n1. The minimum absolute atomic E-state index is 0.127. The van der Waals surface area contributed by atoms with E-state index < -0.39 is 0 Å². The van der Waals surface area contributed by atoms with Gasteiger partial charge in [0, 0.05) is 30.9 Å². The van der Waals surface area contributed by atoms with Crippen LogP contribution in [0.2, 0.25) is 0 Å². The fourth-order valence-electron chi connectivity index (χ4n) is 1.90. The number of pyridine rings is 1. The Morgan fingerprint density at radius 1 is 1.25 bits per heavy atom. The van der Waals surface area contributed by atoms with E-state index in [0.29, 0.717) is 11.4 Å². The number of hydrogen-bond donors (Lipinski definition) is 3. The molecule has 1 amide bonds. The Kier molecular flexibility index (Phi) is 6.97. The molecular formula is C14H23N3O3. The second-order valence-corrected chi connectivity index (χ2v) is 4.36. The molecule has 1 rings (SSSR count). The van der Waals surface area contributed by atoms with Crippen LogP contribution in [0.4, 0.5) is 5.82 Å². The van der Waals surface area contributed by atoms with Crippen LogP contribution < -0.4 is 5.32 Å². The van der Waals surface area contributed by atoms with Gasteiger partial charge in [0.1, 0.15) is 5.82 Å². The van der Waals surface area contributed by atoms with Crippen molar-refractivity contribution in [3.05, 3.63) is 23.4 Å². The van der Waals surface area contributed by atoms with Crippen LogP contribution in [0, 0.1) is 0 Å². The molecule has 6 nitrogen and oxygen atoms in total. The lowest BCUT2D eigenvalue weighted by Crippen LogP contribution is -2.36. The zero-order valence-corrected chi connectivity index (χ0v) is 12.1. The van der Waals surface area contributed by atoms with E-state index in [1.807, 2.05) is 13.8 Å². The molecule has 6 heteroatoms. The van der Waals surface area contributed by atoms with Crippen molar-refractivity contribution in [3.63, 3.8) is 0 Å². The van der Waals surface area contributed by atoms with Crippen molar-refractivity contribution in [1.29, 1.82) is 0 Å². The molecule has 0 radical (unpaired) electrons. The van der Waals surface area contributed by atoms with Gasteiger partial charge >= 0.3 is 0 Å². The summed E-state index contributed by atoms with van der Waals surface area (Å²) in [7, 11) is 0. The monoisotopic (exact) mass is 281 g/mol. The number of carbonyl (C=O) groups is 1. The molecule has 3 N–H and O–H groups in total. The molecule has 0 saturated heterocycles. The second kappa shape index (κ2) is 8.50. The number of hydrogen-bond acceptors (Lipinski definition) is 5. The number of nitrogens with one attached hydrogen (secondary N) is 1. The average molecular weight is 281 g/mol. The fraction of sp³-hybridized carbons (Fsp3) is 0.571. The summed E-state index contributed by atoms with van der Waals surface area (Å²) in [5, 5.41) is 21.1. The number of anilines is 1.